The first kappa shape index (κ1) is 16.4. The summed E-state index contributed by atoms with van der Waals surface area (Å²) in [6.45, 7) is 2.26. The highest BCUT2D eigenvalue weighted by Gasteiger charge is 2.13. The fraction of sp³-hybridized carbons (Fsp3) is 0.111. The average molecular weight is 336 g/mol. The third-order valence-electron chi connectivity index (χ3n) is 3.14. The van der Waals surface area contributed by atoms with Crippen LogP contribution in [0, 0.1) is 0 Å². The van der Waals surface area contributed by atoms with E-state index in [4.69, 9.17) is 9.47 Å². The summed E-state index contributed by atoms with van der Waals surface area (Å²) in [5.74, 6) is 0.498. The van der Waals surface area contributed by atoms with Gasteiger partial charge in [-0.05, 0) is 37.3 Å². The maximum atomic E-state index is 12.5. The lowest BCUT2D eigenvalue weighted by Gasteiger charge is -2.10. The van der Waals surface area contributed by atoms with Crippen molar-refractivity contribution < 1.29 is 14.3 Å². The van der Waals surface area contributed by atoms with Gasteiger partial charge in [-0.2, -0.15) is 0 Å². The molecule has 2 aromatic heterocycles. The summed E-state index contributed by atoms with van der Waals surface area (Å²) in [5.41, 5.74) is 0.937. The molecule has 7 heteroatoms. The minimum atomic E-state index is -0.315. The first-order valence-electron chi connectivity index (χ1n) is 7.70. The van der Waals surface area contributed by atoms with Gasteiger partial charge in [-0.1, -0.05) is 6.07 Å². The molecule has 1 N–H and O–H groups in total. The van der Waals surface area contributed by atoms with Gasteiger partial charge < -0.3 is 14.8 Å². The van der Waals surface area contributed by atoms with E-state index in [1.54, 1.807) is 61.1 Å². The Morgan fingerprint density at radius 1 is 1.04 bits per heavy atom. The van der Waals surface area contributed by atoms with E-state index in [-0.39, 0.29) is 11.9 Å². The van der Waals surface area contributed by atoms with Gasteiger partial charge in [0.05, 0.1) is 6.61 Å². The Balaban J connectivity index is 1.75. The number of nitrogens with zero attached hydrogens (tertiary/aromatic N) is 3. The number of aromatic nitrogens is 3. The highest BCUT2D eigenvalue weighted by atomic mass is 16.5. The molecule has 126 valence electrons. The van der Waals surface area contributed by atoms with Crippen LogP contribution in [0.5, 0.6) is 17.6 Å². The van der Waals surface area contributed by atoms with E-state index < -0.39 is 0 Å². The smallest absolute Gasteiger partial charge is 0.321 e. The number of carbonyl (C=O) groups is 1. The Labute approximate surface area is 144 Å². The normalized spacial score (nSPS) is 10.1. The summed E-state index contributed by atoms with van der Waals surface area (Å²) >= 11 is 0. The maximum absolute atomic E-state index is 12.5. The first-order chi connectivity index (χ1) is 12.3. The number of hydrogen-bond acceptors (Lipinski definition) is 6. The summed E-state index contributed by atoms with van der Waals surface area (Å²) in [6, 6.07) is 12.2. The second-order valence-electron chi connectivity index (χ2n) is 4.90. The van der Waals surface area contributed by atoms with E-state index in [9.17, 15) is 4.79 Å². The van der Waals surface area contributed by atoms with Crippen LogP contribution in [-0.2, 0) is 0 Å². The Kier molecular flexibility index (Phi) is 5.16. The topological polar surface area (TPSA) is 86.2 Å². The molecule has 0 fully saturated rings. The van der Waals surface area contributed by atoms with Crippen molar-refractivity contribution >= 4 is 11.6 Å². The van der Waals surface area contributed by atoms with Gasteiger partial charge in [0, 0.05) is 30.3 Å². The van der Waals surface area contributed by atoms with Crippen LogP contribution in [0.25, 0.3) is 0 Å². The third kappa shape index (κ3) is 4.29. The number of rotatable bonds is 6. The summed E-state index contributed by atoms with van der Waals surface area (Å²) in [4.78, 5) is 24.6. The van der Waals surface area contributed by atoms with Crippen molar-refractivity contribution in [3.05, 3.63) is 66.6 Å². The van der Waals surface area contributed by atoms with Crippen LogP contribution >= 0.6 is 0 Å². The van der Waals surface area contributed by atoms with Gasteiger partial charge >= 0.3 is 6.01 Å². The van der Waals surface area contributed by atoms with Gasteiger partial charge in [0.1, 0.15) is 11.3 Å². The third-order valence-corrected chi connectivity index (χ3v) is 3.14. The van der Waals surface area contributed by atoms with Gasteiger partial charge in [0.2, 0.25) is 5.88 Å². The molecule has 0 aliphatic carbocycles. The molecule has 0 saturated heterocycles. The van der Waals surface area contributed by atoms with Crippen LogP contribution in [-0.4, -0.2) is 27.5 Å². The van der Waals surface area contributed by atoms with E-state index in [1.807, 2.05) is 6.92 Å². The SMILES string of the molecule is CCOc1ncccc1C(=O)Nc1cccc(Oc2ncccn2)c1. The van der Waals surface area contributed by atoms with E-state index in [1.165, 1.54) is 0 Å². The van der Waals surface area contributed by atoms with Crippen molar-refractivity contribution in [2.45, 2.75) is 6.92 Å². The van der Waals surface area contributed by atoms with Crippen LogP contribution in [0.1, 0.15) is 17.3 Å². The highest BCUT2D eigenvalue weighted by molar-refractivity contribution is 6.05. The highest BCUT2D eigenvalue weighted by Crippen LogP contribution is 2.23. The summed E-state index contributed by atoms with van der Waals surface area (Å²) < 4.78 is 10.9. The zero-order valence-corrected chi connectivity index (χ0v) is 13.5. The quantitative estimate of drug-likeness (QED) is 0.743. The summed E-state index contributed by atoms with van der Waals surface area (Å²) in [7, 11) is 0. The number of hydrogen-bond donors (Lipinski definition) is 1. The number of benzene rings is 1. The number of nitrogens with one attached hydrogen (secondary N) is 1. The van der Waals surface area contributed by atoms with E-state index >= 15 is 0 Å². The van der Waals surface area contributed by atoms with Crippen molar-refractivity contribution in [2.24, 2.45) is 0 Å². The fourth-order valence-electron chi connectivity index (χ4n) is 2.09. The second-order valence-corrected chi connectivity index (χ2v) is 4.90. The molecule has 3 rings (SSSR count). The molecule has 0 saturated carbocycles. The van der Waals surface area contributed by atoms with Gasteiger partial charge in [0.25, 0.3) is 5.91 Å². The zero-order chi connectivity index (χ0) is 17.5. The monoisotopic (exact) mass is 336 g/mol. The van der Waals surface area contributed by atoms with E-state index in [0.29, 0.717) is 29.5 Å². The molecule has 7 nitrogen and oxygen atoms in total. The van der Waals surface area contributed by atoms with E-state index in [0.717, 1.165) is 0 Å². The molecule has 0 aliphatic heterocycles. The standard InChI is InChI=1S/C18H16N4O3/c1-2-24-17-15(8-4-9-19-17)16(23)22-13-6-3-7-14(12-13)25-18-20-10-5-11-21-18/h3-12H,2H2,1H3,(H,22,23). The predicted octanol–water partition coefficient (Wildman–Crippen LogP) is 3.31. The Hall–Kier alpha value is -3.48. The number of carbonyl (C=O) groups excluding carboxylic acids is 1. The van der Waals surface area contributed by atoms with Crippen molar-refractivity contribution in [3.8, 4) is 17.6 Å². The Morgan fingerprint density at radius 3 is 2.64 bits per heavy atom. The summed E-state index contributed by atoms with van der Waals surface area (Å²) in [5, 5.41) is 2.80. The minimum Gasteiger partial charge on any atom is -0.477 e. The molecule has 1 aromatic carbocycles. The van der Waals surface area contributed by atoms with Gasteiger partial charge in [-0.3, -0.25) is 4.79 Å². The molecule has 0 bridgehead atoms. The minimum absolute atomic E-state index is 0.233. The van der Waals surface area contributed by atoms with Crippen molar-refractivity contribution in [2.75, 3.05) is 11.9 Å². The predicted molar refractivity (Wildman–Crippen MR) is 91.9 cm³/mol. The van der Waals surface area contributed by atoms with Crippen molar-refractivity contribution in [1.29, 1.82) is 0 Å². The van der Waals surface area contributed by atoms with Crippen LogP contribution in [0.2, 0.25) is 0 Å². The van der Waals surface area contributed by atoms with Crippen LogP contribution in [0.15, 0.2) is 61.1 Å². The molecule has 0 aliphatic rings. The molecule has 3 aromatic rings. The van der Waals surface area contributed by atoms with Crippen LogP contribution in [0.3, 0.4) is 0 Å². The van der Waals surface area contributed by atoms with Gasteiger partial charge in [-0.15, -0.1) is 0 Å². The molecule has 0 unspecified atom stereocenters. The Morgan fingerprint density at radius 2 is 1.84 bits per heavy atom. The van der Waals surface area contributed by atoms with Crippen molar-refractivity contribution in [1.82, 2.24) is 15.0 Å². The molecule has 1 amide bonds. The molecular weight excluding hydrogens is 320 g/mol. The molecular formula is C18H16N4O3. The van der Waals surface area contributed by atoms with E-state index in [2.05, 4.69) is 20.3 Å². The second kappa shape index (κ2) is 7.87. The number of ether oxygens (including phenoxy) is 2. The summed E-state index contributed by atoms with van der Waals surface area (Å²) in [6.07, 6.45) is 4.76. The zero-order valence-electron chi connectivity index (χ0n) is 13.5. The fourth-order valence-corrected chi connectivity index (χ4v) is 2.09. The molecule has 25 heavy (non-hydrogen) atoms. The molecule has 0 atom stereocenters. The van der Waals surface area contributed by atoms with Gasteiger partial charge in [-0.25, -0.2) is 15.0 Å². The lowest BCUT2D eigenvalue weighted by Crippen LogP contribution is -2.14. The van der Waals surface area contributed by atoms with Crippen molar-refractivity contribution in [3.63, 3.8) is 0 Å². The largest absolute Gasteiger partial charge is 0.477 e. The molecule has 0 radical (unpaired) electrons. The molecule has 0 spiro atoms. The van der Waals surface area contributed by atoms with Gasteiger partial charge in [0.15, 0.2) is 0 Å². The molecule has 2 heterocycles. The number of anilines is 1. The van der Waals surface area contributed by atoms with Crippen LogP contribution < -0.4 is 14.8 Å². The number of pyridine rings is 1. The lowest BCUT2D eigenvalue weighted by atomic mass is 10.2. The number of amides is 1. The Bertz CT molecular complexity index is 856. The van der Waals surface area contributed by atoms with Crippen LogP contribution in [0.4, 0.5) is 5.69 Å². The average Bonchev–Trinajstić information content (AvgIpc) is 2.63. The maximum Gasteiger partial charge on any atom is 0.321 e. The lowest BCUT2D eigenvalue weighted by molar-refractivity contribution is 0.102. The first-order valence-corrected chi connectivity index (χ1v) is 7.70.